The molecule has 6 heteroatoms. The van der Waals surface area contributed by atoms with Crippen LogP contribution in [-0.2, 0) is 4.79 Å². The van der Waals surface area contributed by atoms with Crippen molar-refractivity contribution in [1.29, 1.82) is 0 Å². The SMILES string of the molecule is NC1(C(=O)O)CCN(C(=O)c2cc3ccccc3o2)C1. The average molecular weight is 274 g/mol. The van der Waals surface area contributed by atoms with Crippen molar-refractivity contribution in [2.24, 2.45) is 5.73 Å². The summed E-state index contributed by atoms with van der Waals surface area (Å²) >= 11 is 0. The standard InChI is InChI=1S/C14H14N2O4/c15-14(13(18)19)5-6-16(8-14)12(17)11-7-9-3-1-2-4-10(9)20-11/h1-4,7H,5-6,8,15H2,(H,18,19). The molecule has 1 amide bonds. The van der Waals surface area contributed by atoms with Crippen LogP contribution in [-0.4, -0.2) is 40.5 Å². The maximum atomic E-state index is 12.3. The Balaban J connectivity index is 1.85. The van der Waals surface area contributed by atoms with Crippen LogP contribution in [0.1, 0.15) is 17.0 Å². The van der Waals surface area contributed by atoms with Crippen LogP contribution in [0.2, 0.25) is 0 Å². The molecule has 1 aliphatic heterocycles. The minimum absolute atomic E-state index is 0.00177. The topological polar surface area (TPSA) is 96.8 Å². The predicted octanol–water partition coefficient (Wildman–Crippen LogP) is 1.06. The van der Waals surface area contributed by atoms with Crippen LogP contribution in [0, 0.1) is 0 Å². The number of rotatable bonds is 2. The molecule has 1 aromatic carbocycles. The summed E-state index contributed by atoms with van der Waals surface area (Å²) in [5.74, 6) is -1.20. The van der Waals surface area contributed by atoms with E-state index < -0.39 is 11.5 Å². The first kappa shape index (κ1) is 12.7. The molecule has 0 bridgehead atoms. The number of carbonyl (C=O) groups is 2. The quantitative estimate of drug-likeness (QED) is 0.853. The molecule has 6 nitrogen and oxygen atoms in total. The number of carboxylic acid groups (broad SMARTS) is 1. The van der Waals surface area contributed by atoms with Gasteiger partial charge < -0.3 is 20.2 Å². The van der Waals surface area contributed by atoms with Gasteiger partial charge in [0.05, 0.1) is 0 Å². The summed E-state index contributed by atoms with van der Waals surface area (Å²) in [5, 5.41) is 9.91. The van der Waals surface area contributed by atoms with Gasteiger partial charge in [0.15, 0.2) is 5.76 Å². The third-order valence-corrected chi connectivity index (χ3v) is 3.65. The highest BCUT2D eigenvalue weighted by atomic mass is 16.4. The first-order chi connectivity index (χ1) is 9.49. The van der Waals surface area contributed by atoms with E-state index in [2.05, 4.69) is 0 Å². The summed E-state index contributed by atoms with van der Waals surface area (Å²) in [5.41, 5.74) is 5.03. The number of amides is 1. The van der Waals surface area contributed by atoms with Crippen molar-refractivity contribution in [1.82, 2.24) is 4.90 Å². The number of fused-ring (bicyclic) bond motifs is 1. The number of para-hydroxylation sites is 1. The second-order valence-corrected chi connectivity index (χ2v) is 5.09. The van der Waals surface area contributed by atoms with Crippen molar-refractivity contribution in [2.45, 2.75) is 12.0 Å². The molecule has 0 radical (unpaired) electrons. The second-order valence-electron chi connectivity index (χ2n) is 5.09. The van der Waals surface area contributed by atoms with Crippen molar-refractivity contribution in [3.05, 3.63) is 36.1 Å². The number of benzene rings is 1. The Bertz CT molecular complexity index is 660. The lowest BCUT2D eigenvalue weighted by molar-refractivity contribution is -0.142. The lowest BCUT2D eigenvalue weighted by atomic mass is 10.0. The van der Waals surface area contributed by atoms with Crippen LogP contribution in [0.25, 0.3) is 11.0 Å². The first-order valence-electron chi connectivity index (χ1n) is 6.30. The third kappa shape index (κ3) is 1.94. The van der Waals surface area contributed by atoms with Crippen molar-refractivity contribution in [3.63, 3.8) is 0 Å². The van der Waals surface area contributed by atoms with Crippen LogP contribution < -0.4 is 5.73 Å². The largest absolute Gasteiger partial charge is 0.480 e. The molecule has 1 saturated heterocycles. The summed E-state index contributed by atoms with van der Waals surface area (Å²) in [6.07, 6.45) is 0.244. The van der Waals surface area contributed by atoms with E-state index in [0.29, 0.717) is 12.1 Å². The molecular weight excluding hydrogens is 260 g/mol. The second kappa shape index (κ2) is 4.35. The van der Waals surface area contributed by atoms with Gasteiger partial charge in [-0.3, -0.25) is 9.59 Å². The maximum absolute atomic E-state index is 12.3. The normalized spacial score (nSPS) is 22.4. The molecule has 0 aliphatic carbocycles. The highest BCUT2D eigenvalue weighted by molar-refractivity contribution is 5.97. The minimum Gasteiger partial charge on any atom is -0.480 e. The Hall–Kier alpha value is -2.34. The average Bonchev–Trinajstić information content (AvgIpc) is 3.02. The zero-order valence-corrected chi connectivity index (χ0v) is 10.7. The van der Waals surface area contributed by atoms with Crippen molar-refractivity contribution in [3.8, 4) is 0 Å². The number of nitrogens with zero attached hydrogens (tertiary/aromatic N) is 1. The van der Waals surface area contributed by atoms with Gasteiger partial charge in [-0.05, 0) is 18.6 Å². The fourth-order valence-electron chi connectivity index (χ4n) is 2.42. The van der Waals surface area contributed by atoms with E-state index >= 15 is 0 Å². The number of hydrogen-bond donors (Lipinski definition) is 2. The number of likely N-dealkylation sites (tertiary alicyclic amines) is 1. The van der Waals surface area contributed by atoms with Gasteiger partial charge in [0.2, 0.25) is 0 Å². The molecule has 2 aromatic rings. The lowest BCUT2D eigenvalue weighted by Crippen LogP contribution is -2.50. The van der Waals surface area contributed by atoms with Crippen LogP contribution >= 0.6 is 0 Å². The Morgan fingerprint density at radius 2 is 2.10 bits per heavy atom. The van der Waals surface area contributed by atoms with E-state index in [1.54, 1.807) is 12.1 Å². The van der Waals surface area contributed by atoms with Crippen molar-refractivity contribution >= 4 is 22.8 Å². The molecule has 0 saturated carbocycles. The van der Waals surface area contributed by atoms with E-state index in [4.69, 9.17) is 15.3 Å². The van der Waals surface area contributed by atoms with Gasteiger partial charge in [0.1, 0.15) is 11.1 Å². The van der Waals surface area contributed by atoms with Crippen molar-refractivity contribution < 1.29 is 19.1 Å². The van der Waals surface area contributed by atoms with E-state index in [1.807, 2.05) is 18.2 Å². The molecule has 1 unspecified atom stereocenters. The molecule has 3 N–H and O–H groups in total. The predicted molar refractivity (Wildman–Crippen MR) is 71.3 cm³/mol. The number of carboxylic acids is 1. The van der Waals surface area contributed by atoms with Crippen LogP contribution in [0.3, 0.4) is 0 Å². The molecule has 2 heterocycles. The minimum atomic E-state index is -1.36. The maximum Gasteiger partial charge on any atom is 0.325 e. The van der Waals surface area contributed by atoms with Gasteiger partial charge >= 0.3 is 5.97 Å². The fourth-order valence-corrected chi connectivity index (χ4v) is 2.42. The summed E-state index contributed by atoms with van der Waals surface area (Å²) in [4.78, 5) is 24.8. The van der Waals surface area contributed by atoms with E-state index in [0.717, 1.165) is 5.39 Å². The van der Waals surface area contributed by atoms with Crippen LogP contribution in [0.15, 0.2) is 34.7 Å². The third-order valence-electron chi connectivity index (χ3n) is 3.65. The van der Waals surface area contributed by atoms with Gasteiger partial charge in [-0.15, -0.1) is 0 Å². The molecule has 104 valence electrons. The van der Waals surface area contributed by atoms with Gasteiger partial charge in [-0.2, -0.15) is 0 Å². The smallest absolute Gasteiger partial charge is 0.325 e. The van der Waals surface area contributed by atoms with Crippen LogP contribution in [0.4, 0.5) is 0 Å². The molecule has 3 rings (SSSR count). The van der Waals surface area contributed by atoms with E-state index in [9.17, 15) is 9.59 Å². The number of nitrogens with two attached hydrogens (primary N) is 1. The molecular formula is C14H14N2O4. The lowest BCUT2D eigenvalue weighted by Gasteiger charge is -2.19. The number of aliphatic carboxylic acids is 1. The molecule has 20 heavy (non-hydrogen) atoms. The van der Waals surface area contributed by atoms with Crippen LogP contribution in [0.5, 0.6) is 0 Å². The molecule has 0 spiro atoms. The highest BCUT2D eigenvalue weighted by Crippen LogP contribution is 2.24. The summed E-state index contributed by atoms with van der Waals surface area (Å²) in [7, 11) is 0. The monoisotopic (exact) mass is 274 g/mol. The van der Waals surface area contributed by atoms with Gasteiger partial charge in [-0.25, -0.2) is 0 Å². The van der Waals surface area contributed by atoms with Gasteiger partial charge in [0, 0.05) is 18.5 Å². The summed E-state index contributed by atoms with van der Waals surface area (Å²) < 4.78 is 5.49. The summed E-state index contributed by atoms with van der Waals surface area (Å²) in [6.45, 7) is 0.316. The zero-order valence-electron chi connectivity index (χ0n) is 10.7. The van der Waals surface area contributed by atoms with E-state index in [1.165, 1.54) is 4.90 Å². The number of furan rings is 1. The Labute approximate surface area is 114 Å². The molecule has 1 aliphatic rings. The highest BCUT2D eigenvalue weighted by Gasteiger charge is 2.43. The zero-order chi connectivity index (χ0) is 14.3. The first-order valence-corrected chi connectivity index (χ1v) is 6.30. The Kier molecular flexibility index (Phi) is 2.76. The van der Waals surface area contributed by atoms with Gasteiger partial charge in [-0.1, -0.05) is 18.2 Å². The van der Waals surface area contributed by atoms with Crippen molar-refractivity contribution in [2.75, 3.05) is 13.1 Å². The Morgan fingerprint density at radius 1 is 1.35 bits per heavy atom. The van der Waals surface area contributed by atoms with Gasteiger partial charge in [0.25, 0.3) is 5.91 Å². The number of hydrogen-bond acceptors (Lipinski definition) is 4. The fraction of sp³-hybridized carbons (Fsp3) is 0.286. The number of carbonyl (C=O) groups excluding carboxylic acids is 1. The Morgan fingerprint density at radius 3 is 2.75 bits per heavy atom. The van der Waals surface area contributed by atoms with E-state index in [-0.39, 0.29) is 24.6 Å². The summed E-state index contributed by atoms with van der Waals surface area (Å²) in [6, 6.07) is 8.97. The molecule has 1 fully saturated rings. The molecule has 1 atom stereocenters. The molecule has 1 aromatic heterocycles.